The number of carboxylic acid groups (broad SMARTS) is 1. The minimum absolute atomic E-state index is 0.109. The first kappa shape index (κ1) is 21.8. The molecule has 0 aromatic rings. The van der Waals surface area contributed by atoms with Gasteiger partial charge in [-0.1, -0.05) is 61.6 Å². The van der Waals surface area contributed by atoms with Crippen molar-refractivity contribution in [1.82, 2.24) is 0 Å². The van der Waals surface area contributed by atoms with E-state index in [4.69, 9.17) is 5.11 Å². The number of carbonyl (C=O) groups excluding carboxylic acids is 1. The molecule has 1 aliphatic carbocycles. The van der Waals surface area contributed by atoms with Crippen LogP contribution in [-0.2, 0) is 9.59 Å². The number of allylic oxidation sites excluding steroid dienone is 9. The highest BCUT2D eigenvalue weighted by atomic mass is 16.4. The zero-order chi connectivity index (χ0) is 19.2. The summed E-state index contributed by atoms with van der Waals surface area (Å²) >= 11 is 0. The van der Waals surface area contributed by atoms with Gasteiger partial charge in [-0.3, -0.25) is 9.59 Å². The lowest BCUT2D eigenvalue weighted by Gasteiger charge is -2.13. The van der Waals surface area contributed by atoms with E-state index in [1.54, 1.807) is 12.2 Å². The lowest BCUT2D eigenvalue weighted by atomic mass is 9.91. The maximum atomic E-state index is 11.9. The number of aliphatic hydroxyl groups excluding tert-OH is 1. The molecule has 0 aromatic heterocycles. The van der Waals surface area contributed by atoms with E-state index in [2.05, 4.69) is 24.3 Å². The first-order valence-electron chi connectivity index (χ1n) is 9.29. The Hall–Kier alpha value is -2.20. The predicted molar refractivity (Wildman–Crippen MR) is 105 cm³/mol. The number of carbonyl (C=O) groups is 2. The minimum atomic E-state index is -0.770. The van der Waals surface area contributed by atoms with Crippen molar-refractivity contribution in [2.24, 2.45) is 11.8 Å². The molecule has 142 valence electrons. The molecule has 2 N–H and O–H groups in total. The van der Waals surface area contributed by atoms with Crippen molar-refractivity contribution < 1.29 is 19.8 Å². The molecule has 0 unspecified atom stereocenters. The van der Waals surface area contributed by atoms with Gasteiger partial charge in [0, 0.05) is 12.3 Å². The van der Waals surface area contributed by atoms with Gasteiger partial charge in [-0.15, -0.1) is 0 Å². The summed E-state index contributed by atoms with van der Waals surface area (Å²) in [6, 6.07) is 0. The molecule has 0 saturated carbocycles. The summed E-state index contributed by atoms with van der Waals surface area (Å²) in [5, 5.41) is 18.1. The summed E-state index contributed by atoms with van der Waals surface area (Å²) in [6.45, 7) is 1.91. The second-order valence-corrected chi connectivity index (χ2v) is 6.37. The van der Waals surface area contributed by atoms with Crippen LogP contribution in [0.2, 0.25) is 0 Å². The fraction of sp³-hybridized carbons (Fsp3) is 0.455. The van der Waals surface area contributed by atoms with Crippen LogP contribution in [0.5, 0.6) is 0 Å². The molecule has 0 fully saturated rings. The standard InChI is InChI=1S/C22H30O4/c1-2-19(23)15-16-20-18(14-17-21(20)24)12-10-8-6-4-3-5-7-9-11-13-22(25)26/h3-4,7-10,14-20,23H,2,5-6,11-13H2,1H3,(H,25,26)/b4-3-,9-7-,10-8-,16-15+/t18-,19+,20-/m0/s1. The number of hydrogen-bond acceptors (Lipinski definition) is 3. The summed E-state index contributed by atoms with van der Waals surface area (Å²) in [4.78, 5) is 22.3. The zero-order valence-corrected chi connectivity index (χ0v) is 15.5. The fourth-order valence-electron chi connectivity index (χ4n) is 2.63. The second kappa shape index (κ2) is 13.1. The summed E-state index contributed by atoms with van der Waals surface area (Å²) in [5.74, 6) is -0.654. The smallest absolute Gasteiger partial charge is 0.303 e. The SMILES string of the molecule is CC[C@@H](O)/C=C/[C@@H]1C(=O)C=C[C@@H]1C/C=C\C/C=C\C/C=C\CCC(=O)O. The minimum Gasteiger partial charge on any atom is -0.481 e. The quantitative estimate of drug-likeness (QED) is 0.507. The van der Waals surface area contributed by atoms with Gasteiger partial charge in [0.15, 0.2) is 5.78 Å². The molecule has 3 atom stereocenters. The summed E-state index contributed by atoms with van der Waals surface area (Å²) < 4.78 is 0. The Morgan fingerprint density at radius 1 is 1.15 bits per heavy atom. The van der Waals surface area contributed by atoms with Crippen molar-refractivity contribution in [3.8, 4) is 0 Å². The van der Waals surface area contributed by atoms with Crippen LogP contribution in [0, 0.1) is 11.8 Å². The van der Waals surface area contributed by atoms with Gasteiger partial charge >= 0.3 is 5.97 Å². The maximum Gasteiger partial charge on any atom is 0.303 e. The van der Waals surface area contributed by atoms with Gasteiger partial charge in [0.05, 0.1) is 6.10 Å². The molecule has 0 heterocycles. The lowest BCUT2D eigenvalue weighted by molar-refractivity contribution is -0.136. The summed E-state index contributed by atoms with van der Waals surface area (Å²) in [6.07, 6.45) is 22.7. The third-order valence-electron chi connectivity index (χ3n) is 4.23. The Morgan fingerprint density at radius 2 is 1.81 bits per heavy atom. The van der Waals surface area contributed by atoms with Crippen molar-refractivity contribution in [1.29, 1.82) is 0 Å². The van der Waals surface area contributed by atoms with E-state index >= 15 is 0 Å². The van der Waals surface area contributed by atoms with E-state index in [9.17, 15) is 14.7 Å². The molecule has 4 heteroatoms. The van der Waals surface area contributed by atoms with Gasteiger partial charge in [0.2, 0.25) is 0 Å². The van der Waals surface area contributed by atoms with Crippen LogP contribution in [0.15, 0.2) is 60.8 Å². The average Bonchev–Trinajstić information content (AvgIpc) is 2.97. The van der Waals surface area contributed by atoms with E-state index in [1.807, 2.05) is 31.2 Å². The van der Waals surface area contributed by atoms with Crippen LogP contribution >= 0.6 is 0 Å². The Morgan fingerprint density at radius 3 is 2.46 bits per heavy atom. The van der Waals surface area contributed by atoms with E-state index in [-0.39, 0.29) is 24.0 Å². The van der Waals surface area contributed by atoms with Crippen LogP contribution < -0.4 is 0 Å². The Kier molecular flexibility index (Phi) is 11.0. The Bertz CT molecular complexity index is 581. The summed E-state index contributed by atoms with van der Waals surface area (Å²) in [7, 11) is 0. The van der Waals surface area contributed by atoms with Crippen LogP contribution in [0.25, 0.3) is 0 Å². The Balaban J connectivity index is 2.27. The predicted octanol–water partition coefficient (Wildman–Crippen LogP) is 4.39. The fourth-order valence-corrected chi connectivity index (χ4v) is 2.63. The normalized spacial score (nSPS) is 21.8. The topological polar surface area (TPSA) is 74.6 Å². The number of aliphatic hydroxyl groups is 1. The number of hydrogen-bond donors (Lipinski definition) is 2. The number of rotatable bonds is 12. The Labute approximate surface area is 156 Å². The molecular formula is C22H30O4. The monoisotopic (exact) mass is 358 g/mol. The highest BCUT2D eigenvalue weighted by Crippen LogP contribution is 2.27. The first-order chi connectivity index (χ1) is 12.5. The molecule has 0 spiro atoms. The molecule has 26 heavy (non-hydrogen) atoms. The van der Waals surface area contributed by atoms with Crippen molar-refractivity contribution in [3.05, 3.63) is 60.8 Å². The van der Waals surface area contributed by atoms with Crippen LogP contribution in [0.1, 0.15) is 45.4 Å². The number of ketones is 1. The molecule has 0 saturated heterocycles. The molecule has 0 aromatic carbocycles. The van der Waals surface area contributed by atoms with E-state index in [0.29, 0.717) is 12.8 Å². The summed E-state index contributed by atoms with van der Waals surface area (Å²) in [5.41, 5.74) is 0. The van der Waals surface area contributed by atoms with Gasteiger partial charge < -0.3 is 10.2 Å². The van der Waals surface area contributed by atoms with Crippen LogP contribution in [-0.4, -0.2) is 28.1 Å². The lowest BCUT2D eigenvalue weighted by Crippen LogP contribution is -2.13. The number of carboxylic acids is 1. The highest BCUT2D eigenvalue weighted by molar-refractivity contribution is 5.95. The van der Waals surface area contributed by atoms with Crippen LogP contribution in [0.3, 0.4) is 0 Å². The highest BCUT2D eigenvalue weighted by Gasteiger charge is 2.26. The largest absolute Gasteiger partial charge is 0.481 e. The average molecular weight is 358 g/mol. The van der Waals surface area contributed by atoms with E-state index < -0.39 is 12.1 Å². The molecule has 1 rings (SSSR count). The van der Waals surface area contributed by atoms with Gasteiger partial charge in [0.1, 0.15) is 0 Å². The van der Waals surface area contributed by atoms with E-state index in [0.717, 1.165) is 19.3 Å². The van der Waals surface area contributed by atoms with Crippen LogP contribution in [0.4, 0.5) is 0 Å². The van der Waals surface area contributed by atoms with E-state index in [1.165, 1.54) is 0 Å². The third kappa shape index (κ3) is 9.33. The molecule has 0 bridgehead atoms. The zero-order valence-electron chi connectivity index (χ0n) is 15.5. The molecule has 0 amide bonds. The molecule has 0 radical (unpaired) electrons. The van der Waals surface area contributed by atoms with Crippen molar-refractivity contribution in [2.45, 2.75) is 51.6 Å². The van der Waals surface area contributed by atoms with Crippen molar-refractivity contribution in [2.75, 3.05) is 0 Å². The van der Waals surface area contributed by atoms with Gasteiger partial charge in [-0.2, -0.15) is 0 Å². The van der Waals surface area contributed by atoms with Gasteiger partial charge in [-0.25, -0.2) is 0 Å². The van der Waals surface area contributed by atoms with Gasteiger partial charge in [0.25, 0.3) is 0 Å². The maximum absolute atomic E-state index is 11.9. The molecular weight excluding hydrogens is 328 g/mol. The van der Waals surface area contributed by atoms with Crippen molar-refractivity contribution >= 4 is 11.8 Å². The first-order valence-corrected chi connectivity index (χ1v) is 9.29. The molecule has 1 aliphatic rings. The molecule has 0 aliphatic heterocycles. The number of aliphatic carboxylic acids is 1. The molecule has 4 nitrogen and oxygen atoms in total. The second-order valence-electron chi connectivity index (χ2n) is 6.37. The third-order valence-corrected chi connectivity index (χ3v) is 4.23. The van der Waals surface area contributed by atoms with Crippen molar-refractivity contribution in [3.63, 3.8) is 0 Å². The van der Waals surface area contributed by atoms with Gasteiger partial charge in [-0.05, 0) is 44.1 Å².